The Morgan fingerprint density at radius 2 is 1.35 bits per heavy atom. The molecule has 0 aliphatic carbocycles. The smallest absolute Gasteiger partial charge is 0.306 e. The SMILES string of the molecule is CCCCCCC(CCCC)CC(CCCCC(C)C)C(=O)O. The van der Waals surface area contributed by atoms with E-state index in [1.54, 1.807) is 0 Å². The van der Waals surface area contributed by atoms with Gasteiger partial charge in [0.05, 0.1) is 5.92 Å². The Labute approximate surface area is 145 Å². The molecule has 0 saturated carbocycles. The molecule has 0 aliphatic rings. The molecule has 138 valence electrons. The molecule has 1 N–H and O–H groups in total. The summed E-state index contributed by atoms with van der Waals surface area (Å²) in [7, 11) is 0. The van der Waals surface area contributed by atoms with Crippen molar-refractivity contribution in [1.29, 1.82) is 0 Å². The van der Waals surface area contributed by atoms with E-state index in [2.05, 4.69) is 27.7 Å². The molecule has 0 aromatic carbocycles. The molecule has 0 bridgehead atoms. The Bertz CT molecular complexity index is 273. The zero-order chi connectivity index (χ0) is 17.5. The van der Waals surface area contributed by atoms with Crippen LogP contribution >= 0.6 is 0 Å². The number of hydrogen-bond acceptors (Lipinski definition) is 1. The third kappa shape index (κ3) is 13.6. The van der Waals surface area contributed by atoms with E-state index >= 15 is 0 Å². The predicted molar refractivity (Wildman–Crippen MR) is 101 cm³/mol. The molecule has 0 aromatic rings. The summed E-state index contributed by atoms with van der Waals surface area (Å²) in [6.45, 7) is 8.96. The lowest BCUT2D eigenvalue weighted by molar-refractivity contribution is -0.142. The van der Waals surface area contributed by atoms with Crippen molar-refractivity contribution in [1.82, 2.24) is 0 Å². The van der Waals surface area contributed by atoms with Gasteiger partial charge in [-0.2, -0.15) is 0 Å². The van der Waals surface area contributed by atoms with Crippen LogP contribution < -0.4 is 0 Å². The molecular formula is C21H42O2. The highest BCUT2D eigenvalue weighted by molar-refractivity contribution is 5.69. The lowest BCUT2D eigenvalue weighted by Crippen LogP contribution is -2.18. The van der Waals surface area contributed by atoms with Crippen LogP contribution in [0.2, 0.25) is 0 Å². The summed E-state index contributed by atoms with van der Waals surface area (Å²) in [5.41, 5.74) is 0. The summed E-state index contributed by atoms with van der Waals surface area (Å²) < 4.78 is 0. The summed E-state index contributed by atoms with van der Waals surface area (Å²) in [5, 5.41) is 9.57. The van der Waals surface area contributed by atoms with Crippen molar-refractivity contribution < 1.29 is 9.90 Å². The van der Waals surface area contributed by atoms with Crippen molar-refractivity contribution in [2.75, 3.05) is 0 Å². The zero-order valence-corrected chi connectivity index (χ0v) is 16.3. The first-order valence-corrected chi connectivity index (χ1v) is 10.2. The molecule has 2 unspecified atom stereocenters. The molecule has 0 aliphatic heterocycles. The van der Waals surface area contributed by atoms with Crippen LogP contribution in [0.3, 0.4) is 0 Å². The van der Waals surface area contributed by atoms with Gasteiger partial charge in [0.25, 0.3) is 0 Å². The highest BCUT2D eigenvalue weighted by Crippen LogP contribution is 2.27. The maximum Gasteiger partial charge on any atom is 0.306 e. The molecule has 23 heavy (non-hydrogen) atoms. The molecule has 0 radical (unpaired) electrons. The van der Waals surface area contributed by atoms with Crippen molar-refractivity contribution in [3.05, 3.63) is 0 Å². The number of unbranched alkanes of at least 4 members (excludes halogenated alkanes) is 5. The Morgan fingerprint density at radius 1 is 0.783 bits per heavy atom. The quantitative estimate of drug-likeness (QED) is 0.308. The van der Waals surface area contributed by atoms with Gasteiger partial charge in [0.1, 0.15) is 0 Å². The number of carboxylic acid groups (broad SMARTS) is 1. The highest BCUT2D eigenvalue weighted by Gasteiger charge is 2.22. The average molecular weight is 327 g/mol. The van der Waals surface area contributed by atoms with E-state index in [1.807, 2.05) is 0 Å². The highest BCUT2D eigenvalue weighted by atomic mass is 16.4. The van der Waals surface area contributed by atoms with E-state index in [-0.39, 0.29) is 5.92 Å². The summed E-state index contributed by atoms with van der Waals surface area (Å²) in [6.07, 6.45) is 15.4. The van der Waals surface area contributed by atoms with Gasteiger partial charge in [0.2, 0.25) is 0 Å². The second-order valence-corrected chi connectivity index (χ2v) is 7.81. The monoisotopic (exact) mass is 326 g/mol. The van der Waals surface area contributed by atoms with E-state index in [9.17, 15) is 9.90 Å². The number of carboxylic acids is 1. The first-order chi connectivity index (χ1) is 11.0. The van der Waals surface area contributed by atoms with Gasteiger partial charge >= 0.3 is 5.97 Å². The lowest BCUT2D eigenvalue weighted by atomic mass is 9.84. The minimum absolute atomic E-state index is 0.116. The third-order valence-corrected chi connectivity index (χ3v) is 4.98. The van der Waals surface area contributed by atoms with E-state index in [0.29, 0.717) is 5.92 Å². The third-order valence-electron chi connectivity index (χ3n) is 4.98. The largest absolute Gasteiger partial charge is 0.481 e. The molecule has 0 heterocycles. The van der Waals surface area contributed by atoms with Gasteiger partial charge in [-0.25, -0.2) is 0 Å². The fourth-order valence-corrected chi connectivity index (χ4v) is 3.42. The van der Waals surface area contributed by atoms with E-state index < -0.39 is 5.97 Å². The molecule has 2 nitrogen and oxygen atoms in total. The van der Waals surface area contributed by atoms with Crippen molar-refractivity contribution in [2.45, 2.75) is 111 Å². The fourth-order valence-electron chi connectivity index (χ4n) is 3.42. The minimum atomic E-state index is -0.565. The maximum atomic E-state index is 11.6. The number of aliphatic carboxylic acids is 1. The van der Waals surface area contributed by atoms with Gasteiger partial charge in [-0.15, -0.1) is 0 Å². The first-order valence-electron chi connectivity index (χ1n) is 10.2. The molecule has 0 spiro atoms. The topological polar surface area (TPSA) is 37.3 Å². The maximum absolute atomic E-state index is 11.6. The van der Waals surface area contributed by atoms with Crippen LogP contribution in [0.15, 0.2) is 0 Å². The Kier molecular flexibility index (Phi) is 14.7. The van der Waals surface area contributed by atoms with Crippen LogP contribution in [-0.2, 0) is 4.79 Å². The molecule has 0 saturated heterocycles. The molecule has 0 aromatic heterocycles. The molecule has 2 atom stereocenters. The Balaban J connectivity index is 4.27. The average Bonchev–Trinajstić information content (AvgIpc) is 2.50. The van der Waals surface area contributed by atoms with Crippen LogP contribution in [-0.4, -0.2) is 11.1 Å². The Hall–Kier alpha value is -0.530. The molecule has 2 heteroatoms. The van der Waals surface area contributed by atoms with Crippen LogP contribution in [0, 0.1) is 17.8 Å². The van der Waals surface area contributed by atoms with Gasteiger partial charge in [0, 0.05) is 0 Å². The predicted octanol–water partition coefficient (Wildman–Crippen LogP) is 7.07. The molecular weight excluding hydrogens is 284 g/mol. The number of carbonyl (C=O) groups is 1. The summed E-state index contributed by atoms with van der Waals surface area (Å²) in [4.78, 5) is 11.6. The van der Waals surface area contributed by atoms with Crippen LogP contribution in [0.25, 0.3) is 0 Å². The summed E-state index contributed by atoms with van der Waals surface area (Å²) in [5.74, 6) is 0.673. The molecule has 0 fully saturated rings. The number of rotatable bonds is 16. The van der Waals surface area contributed by atoms with Crippen LogP contribution in [0.1, 0.15) is 111 Å². The van der Waals surface area contributed by atoms with E-state index in [0.717, 1.165) is 25.2 Å². The van der Waals surface area contributed by atoms with Gasteiger partial charge < -0.3 is 5.11 Å². The van der Waals surface area contributed by atoms with Crippen LogP contribution in [0.5, 0.6) is 0 Å². The van der Waals surface area contributed by atoms with Crippen LogP contribution in [0.4, 0.5) is 0 Å². The minimum Gasteiger partial charge on any atom is -0.481 e. The first kappa shape index (κ1) is 22.5. The molecule has 0 amide bonds. The second-order valence-electron chi connectivity index (χ2n) is 7.81. The van der Waals surface area contributed by atoms with E-state index in [4.69, 9.17) is 0 Å². The summed E-state index contributed by atoms with van der Waals surface area (Å²) in [6, 6.07) is 0. The van der Waals surface area contributed by atoms with Crippen molar-refractivity contribution in [3.63, 3.8) is 0 Å². The van der Waals surface area contributed by atoms with Gasteiger partial charge in [-0.3, -0.25) is 4.79 Å². The lowest BCUT2D eigenvalue weighted by Gasteiger charge is -2.21. The van der Waals surface area contributed by atoms with Crippen molar-refractivity contribution in [2.24, 2.45) is 17.8 Å². The fraction of sp³-hybridized carbons (Fsp3) is 0.952. The van der Waals surface area contributed by atoms with E-state index in [1.165, 1.54) is 64.2 Å². The zero-order valence-electron chi connectivity index (χ0n) is 16.3. The van der Waals surface area contributed by atoms with Gasteiger partial charge in [-0.05, 0) is 24.7 Å². The van der Waals surface area contributed by atoms with Gasteiger partial charge in [0.15, 0.2) is 0 Å². The standard InChI is InChI=1S/C21H42O2/c1-5-7-9-10-15-19(14-8-6-2)17-20(21(22)23)16-12-11-13-18(3)4/h18-20H,5-17H2,1-4H3,(H,22,23). The molecule has 0 rings (SSSR count). The normalized spacial score (nSPS) is 14.1. The van der Waals surface area contributed by atoms with Crippen molar-refractivity contribution in [3.8, 4) is 0 Å². The Morgan fingerprint density at radius 3 is 1.91 bits per heavy atom. The van der Waals surface area contributed by atoms with Crippen molar-refractivity contribution >= 4 is 5.97 Å². The van der Waals surface area contributed by atoms with Gasteiger partial charge in [-0.1, -0.05) is 98.3 Å². The second kappa shape index (κ2) is 15.0. The number of hydrogen-bond donors (Lipinski definition) is 1. The summed E-state index contributed by atoms with van der Waals surface area (Å²) >= 11 is 0.